The van der Waals surface area contributed by atoms with E-state index >= 15 is 0 Å². The van der Waals surface area contributed by atoms with E-state index in [-0.39, 0.29) is 10.8 Å². The molecule has 6 nitrogen and oxygen atoms in total. The van der Waals surface area contributed by atoms with E-state index in [4.69, 9.17) is 0 Å². The Bertz CT molecular complexity index is 952. The van der Waals surface area contributed by atoms with Gasteiger partial charge in [-0.15, -0.1) is 0 Å². The summed E-state index contributed by atoms with van der Waals surface area (Å²) in [7, 11) is -3.64. The molecule has 0 fully saturated rings. The van der Waals surface area contributed by atoms with Gasteiger partial charge >= 0.3 is 0 Å². The van der Waals surface area contributed by atoms with Crippen molar-refractivity contribution in [3.8, 4) is 0 Å². The Morgan fingerprint density at radius 2 is 1.81 bits per heavy atom. The van der Waals surface area contributed by atoms with Crippen LogP contribution >= 0.6 is 0 Å². The van der Waals surface area contributed by atoms with Crippen molar-refractivity contribution in [3.05, 3.63) is 35.9 Å². The maximum Gasteiger partial charge on any atom is 0.258 e. The Hall–Kier alpha value is -1.96. The molecule has 1 amide bonds. The number of carbonyl (C=O) groups is 1. The predicted molar refractivity (Wildman–Crippen MR) is 109 cm³/mol. The zero-order chi connectivity index (χ0) is 19.6. The first kappa shape index (κ1) is 19.8. The molecular formula is C20H27N3O3S. The van der Waals surface area contributed by atoms with Crippen LogP contribution in [0.3, 0.4) is 0 Å². The minimum atomic E-state index is -3.64. The number of benzene rings is 2. The number of amides is 1. The molecule has 0 unspecified atom stereocenters. The summed E-state index contributed by atoms with van der Waals surface area (Å²) in [4.78, 5) is 16.7. The SMILES string of the molecule is CCN(CC)CCCNS(=O)(=O)c1ccc2c3c(cccc13)C(=O)N2CC. The molecule has 1 aliphatic heterocycles. The molecule has 0 radical (unpaired) electrons. The molecule has 0 atom stereocenters. The van der Waals surface area contributed by atoms with E-state index in [9.17, 15) is 13.2 Å². The lowest BCUT2D eigenvalue weighted by Gasteiger charge is -2.18. The van der Waals surface area contributed by atoms with Crippen molar-refractivity contribution in [2.75, 3.05) is 37.6 Å². The minimum absolute atomic E-state index is 0.0696. The van der Waals surface area contributed by atoms with Crippen LogP contribution in [-0.4, -0.2) is 51.9 Å². The molecule has 2 aromatic rings. The molecule has 0 aliphatic carbocycles. The van der Waals surface area contributed by atoms with Crippen molar-refractivity contribution < 1.29 is 13.2 Å². The van der Waals surface area contributed by atoms with Crippen LogP contribution in [0.1, 0.15) is 37.6 Å². The van der Waals surface area contributed by atoms with Gasteiger partial charge in [-0.3, -0.25) is 4.79 Å². The van der Waals surface area contributed by atoms with E-state index in [1.807, 2.05) is 6.92 Å². The number of hydrogen-bond donors (Lipinski definition) is 1. The number of rotatable bonds is 9. The Balaban J connectivity index is 1.87. The van der Waals surface area contributed by atoms with Gasteiger partial charge in [0.2, 0.25) is 10.0 Å². The van der Waals surface area contributed by atoms with E-state index in [1.165, 1.54) is 0 Å². The molecule has 0 saturated carbocycles. The molecule has 1 heterocycles. The largest absolute Gasteiger partial charge is 0.308 e. The summed E-state index contributed by atoms with van der Waals surface area (Å²) in [5, 5.41) is 1.33. The maximum absolute atomic E-state index is 12.9. The lowest BCUT2D eigenvalue weighted by Crippen LogP contribution is -2.30. The molecular weight excluding hydrogens is 362 g/mol. The highest BCUT2D eigenvalue weighted by atomic mass is 32.2. The number of carbonyl (C=O) groups excluding carboxylic acids is 1. The van der Waals surface area contributed by atoms with Gasteiger partial charge in [0.05, 0.1) is 10.6 Å². The highest BCUT2D eigenvalue weighted by molar-refractivity contribution is 7.89. The lowest BCUT2D eigenvalue weighted by atomic mass is 10.1. The third kappa shape index (κ3) is 3.59. The second-order valence-electron chi connectivity index (χ2n) is 6.64. The fourth-order valence-electron chi connectivity index (χ4n) is 3.69. The molecule has 0 aromatic heterocycles. The Morgan fingerprint density at radius 3 is 2.48 bits per heavy atom. The average molecular weight is 390 g/mol. The molecule has 1 N–H and O–H groups in total. The van der Waals surface area contributed by atoms with E-state index in [0.29, 0.717) is 24.0 Å². The van der Waals surface area contributed by atoms with Crippen LogP contribution in [0.15, 0.2) is 35.2 Å². The van der Waals surface area contributed by atoms with Crippen molar-refractivity contribution >= 4 is 32.4 Å². The van der Waals surface area contributed by atoms with Gasteiger partial charge in [-0.1, -0.05) is 26.0 Å². The van der Waals surface area contributed by atoms with Crippen LogP contribution in [0, 0.1) is 0 Å². The fraction of sp³-hybridized carbons (Fsp3) is 0.450. The van der Waals surface area contributed by atoms with Crippen molar-refractivity contribution in [2.24, 2.45) is 0 Å². The van der Waals surface area contributed by atoms with Crippen LogP contribution in [0.2, 0.25) is 0 Å². The summed E-state index contributed by atoms with van der Waals surface area (Å²) in [6, 6.07) is 8.63. The summed E-state index contributed by atoms with van der Waals surface area (Å²) in [5.41, 5.74) is 1.36. The summed E-state index contributed by atoms with van der Waals surface area (Å²) < 4.78 is 28.5. The first-order chi connectivity index (χ1) is 12.9. The van der Waals surface area contributed by atoms with Crippen molar-refractivity contribution in [3.63, 3.8) is 0 Å². The second-order valence-corrected chi connectivity index (χ2v) is 8.37. The fourth-order valence-corrected chi connectivity index (χ4v) is 4.97. The molecule has 0 saturated heterocycles. The number of nitrogens with one attached hydrogen (secondary N) is 1. The predicted octanol–water partition coefficient (Wildman–Crippen LogP) is 2.83. The van der Waals surface area contributed by atoms with Gasteiger partial charge in [-0.05, 0) is 51.2 Å². The van der Waals surface area contributed by atoms with Crippen molar-refractivity contribution in [1.82, 2.24) is 9.62 Å². The zero-order valence-electron chi connectivity index (χ0n) is 16.2. The van der Waals surface area contributed by atoms with Gasteiger partial charge in [0.25, 0.3) is 5.91 Å². The highest BCUT2D eigenvalue weighted by Crippen LogP contribution is 2.39. The first-order valence-corrected chi connectivity index (χ1v) is 11.0. The van der Waals surface area contributed by atoms with Gasteiger partial charge in [-0.25, -0.2) is 13.1 Å². The van der Waals surface area contributed by atoms with E-state index in [1.54, 1.807) is 35.2 Å². The molecule has 0 bridgehead atoms. The summed E-state index contributed by atoms with van der Waals surface area (Å²) in [6.07, 6.45) is 0.754. The lowest BCUT2D eigenvalue weighted by molar-refractivity contribution is 0.0994. The molecule has 0 spiro atoms. The average Bonchev–Trinajstić information content (AvgIpc) is 2.95. The van der Waals surface area contributed by atoms with Gasteiger partial charge in [0.1, 0.15) is 0 Å². The maximum atomic E-state index is 12.9. The van der Waals surface area contributed by atoms with E-state index in [0.717, 1.165) is 37.1 Å². The van der Waals surface area contributed by atoms with E-state index < -0.39 is 10.0 Å². The Labute approximate surface area is 161 Å². The standard InChI is InChI=1S/C20H27N3O3S/c1-4-22(5-2)14-8-13-21-27(25,26)18-12-11-17-19-15(18)9-7-10-16(19)20(24)23(17)6-3/h7,9-12,21H,4-6,8,13-14H2,1-3H3. The van der Waals surface area contributed by atoms with Crippen LogP contribution in [-0.2, 0) is 10.0 Å². The number of hydrogen-bond acceptors (Lipinski definition) is 4. The summed E-state index contributed by atoms with van der Waals surface area (Å²) in [6.45, 7) is 9.83. The van der Waals surface area contributed by atoms with Crippen LogP contribution in [0.4, 0.5) is 5.69 Å². The van der Waals surface area contributed by atoms with Crippen LogP contribution in [0.25, 0.3) is 10.8 Å². The molecule has 1 aliphatic rings. The third-order valence-corrected chi connectivity index (χ3v) is 6.71. The van der Waals surface area contributed by atoms with Gasteiger partial charge in [0, 0.05) is 29.4 Å². The molecule has 3 rings (SSSR count). The van der Waals surface area contributed by atoms with Gasteiger partial charge in [0.15, 0.2) is 0 Å². The van der Waals surface area contributed by atoms with Crippen LogP contribution in [0.5, 0.6) is 0 Å². The summed E-state index contributed by atoms with van der Waals surface area (Å²) >= 11 is 0. The molecule has 27 heavy (non-hydrogen) atoms. The van der Waals surface area contributed by atoms with Gasteiger partial charge < -0.3 is 9.80 Å². The molecule has 7 heteroatoms. The van der Waals surface area contributed by atoms with Crippen LogP contribution < -0.4 is 9.62 Å². The molecule has 2 aromatic carbocycles. The normalized spacial score (nSPS) is 13.9. The monoisotopic (exact) mass is 389 g/mol. The quantitative estimate of drug-likeness (QED) is 0.670. The number of anilines is 1. The topological polar surface area (TPSA) is 69.7 Å². The Kier molecular flexibility index (Phi) is 5.83. The smallest absolute Gasteiger partial charge is 0.258 e. The minimum Gasteiger partial charge on any atom is -0.308 e. The zero-order valence-corrected chi connectivity index (χ0v) is 17.0. The highest BCUT2D eigenvalue weighted by Gasteiger charge is 2.31. The number of nitrogens with zero attached hydrogens (tertiary/aromatic N) is 2. The first-order valence-electron chi connectivity index (χ1n) is 9.54. The second kappa shape index (κ2) is 7.96. The third-order valence-electron chi connectivity index (χ3n) is 5.19. The van der Waals surface area contributed by atoms with Crippen molar-refractivity contribution in [2.45, 2.75) is 32.1 Å². The molecule has 146 valence electrons. The Morgan fingerprint density at radius 1 is 1.07 bits per heavy atom. The number of sulfonamides is 1. The van der Waals surface area contributed by atoms with Crippen molar-refractivity contribution in [1.29, 1.82) is 0 Å². The summed E-state index contributed by atoms with van der Waals surface area (Å²) in [5.74, 6) is -0.0696. The van der Waals surface area contributed by atoms with Gasteiger partial charge in [-0.2, -0.15) is 0 Å². The van der Waals surface area contributed by atoms with E-state index in [2.05, 4.69) is 23.5 Å².